The summed E-state index contributed by atoms with van der Waals surface area (Å²) in [5, 5.41) is 23.0. The van der Waals surface area contributed by atoms with E-state index < -0.39 is 18.1 Å². The number of aliphatic hydroxyl groups is 1. The fraction of sp³-hybridized carbons (Fsp3) is 0.188. The number of carbonyl (C=O) groups excluding carboxylic acids is 1. The van der Waals surface area contributed by atoms with Gasteiger partial charge in [0.25, 0.3) is 5.91 Å². The Balaban J connectivity index is 1.87. The van der Waals surface area contributed by atoms with Gasteiger partial charge in [-0.1, -0.05) is 35.9 Å². The third-order valence-electron chi connectivity index (χ3n) is 3.69. The van der Waals surface area contributed by atoms with Gasteiger partial charge in [0.15, 0.2) is 0 Å². The second-order valence-corrected chi connectivity index (χ2v) is 5.52. The smallest absolute Gasteiger partial charge is 0.255 e. The molecular weight excluding hydrogens is 290 g/mol. The van der Waals surface area contributed by atoms with Crippen LogP contribution in [-0.4, -0.2) is 22.2 Å². The maximum Gasteiger partial charge on any atom is 0.255 e. The van der Waals surface area contributed by atoms with E-state index in [-0.39, 0.29) is 11.3 Å². The van der Waals surface area contributed by atoms with Crippen molar-refractivity contribution in [2.24, 2.45) is 0 Å². The van der Waals surface area contributed by atoms with Crippen molar-refractivity contribution in [2.45, 2.75) is 18.6 Å². The number of aliphatic hydroxyl groups excluding tert-OH is 1. The van der Waals surface area contributed by atoms with Crippen molar-refractivity contribution in [3.05, 3.63) is 64.2 Å². The number of halogens is 1. The van der Waals surface area contributed by atoms with E-state index in [1.807, 2.05) is 24.3 Å². The van der Waals surface area contributed by atoms with Crippen LogP contribution in [0.2, 0.25) is 5.02 Å². The molecule has 1 amide bonds. The molecule has 2 atom stereocenters. The highest BCUT2D eigenvalue weighted by Gasteiger charge is 2.32. The molecule has 0 saturated carbocycles. The van der Waals surface area contributed by atoms with Crippen molar-refractivity contribution < 1.29 is 15.0 Å². The number of hydrogen-bond acceptors (Lipinski definition) is 3. The molecule has 3 N–H and O–H groups in total. The van der Waals surface area contributed by atoms with E-state index in [0.29, 0.717) is 11.4 Å². The Morgan fingerprint density at radius 2 is 2.00 bits per heavy atom. The van der Waals surface area contributed by atoms with Gasteiger partial charge in [-0.15, -0.1) is 0 Å². The molecule has 0 aliphatic heterocycles. The third-order valence-corrected chi connectivity index (χ3v) is 3.93. The normalized spacial score (nSPS) is 20.1. The van der Waals surface area contributed by atoms with Crippen molar-refractivity contribution >= 4 is 17.5 Å². The fourth-order valence-corrected chi connectivity index (χ4v) is 2.83. The lowest BCUT2D eigenvalue weighted by Crippen LogP contribution is -2.33. The van der Waals surface area contributed by atoms with E-state index in [2.05, 4.69) is 5.32 Å². The van der Waals surface area contributed by atoms with E-state index in [1.165, 1.54) is 18.2 Å². The molecule has 4 nitrogen and oxygen atoms in total. The fourth-order valence-electron chi connectivity index (χ4n) is 2.66. The molecule has 3 rings (SSSR count). The summed E-state index contributed by atoms with van der Waals surface area (Å²) < 4.78 is 0. The first-order valence-corrected chi connectivity index (χ1v) is 6.99. The molecule has 0 aromatic heterocycles. The van der Waals surface area contributed by atoms with Crippen LogP contribution in [0, 0.1) is 0 Å². The first kappa shape index (κ1) is 13.9. The quantitative estimate of drug-likeness (QED) is 0.798. The lowest BCUT2D eigenvalue weighted by Gasteiger charge is -2.18. The molecule has 1 aliphatic carbocycles. The largest absolute Gasteiger partial charge is 0.507 e. The highest BCUT2D eigenvalue weighted by molar-refractivity contribution is 6.31. The maximum atomic E-state index is 12.3. The molecule has 2 aromatic carbocycles. The van der Waals surface area contributed by atoms with Crippen LogP contribution in [0.5, 0.6) is 5.75 Å². The summed E-state index contributed by atoms with van der Waals surface area (Å²) in [7, 11) is 0. The van der Waals surface area contributed by atoms with Crippen LogP contribution in [0.3, 0.4) is 0 Å². The summed E-state index contributed by atoms with van der Waals surface area (Å²) >= 11 is 5.85. The topological polar surface area (TPSA) is 69.6 Å². The van der Waals surface area contributed by atoms with Crippen LogP contribution in [0.4, 0.5) is 0 Å². The standard InChI is InChI=1S/C16H14ClNO3/c17-10-5-6-13(19)12(8-10)16(21)18-15-11-4-2-1-3-9(11)7-14(15)20/h1-6,8,14-15,19-20H,7H2,(H,18,21)/t14-,15+/m1/s1. The van der Waals surface area contributed by atoms with Gasteiger partial charge in [-0.25, -0.2) is 0 Å². The van der Waals surface area contributed by atoms with Crippen molar-refractivity contribution in [3.63, 3.8) is 0 Å². The zero-order valence-corrected chi connectivity index (χ0v) is 11.8. The Kier molecular flexibility index (Phi) is 3.57. The average Bonchev–Trinajstić information content (AvgIpc) is 2.78. The molecule has 1 aliphatic rings. The first-order chi connectivity index (χ1) is 10.1. The van der Waals surface area contributed by atoms with Gasteiger partial charge in [-0.2, -0.15) is 0 Å². The number of rotatable bonds is 2. The molecule has 5 heteroatoms. The number of hydrogen-bond donors (Lipinski definition) is 3. The predicted molar refractivity (Wildman–Crippen MR) is 79.5 cm³/mol. The molecule has 0 unspecified atom stereocenters. The maximum absolute atomic E-state index is 12.3. The van der Waals surface area contributed by atoms with E-state index in [0.717, 1.165) is 11.1 Å². The van der Waals surface area contributed by atoms with Gasteiger partial charge in [-0.3, -0.25) is 4.79 Å². The summed E-state index contributed by atoms with van der Waals surface area (Å²) in [5.74, 6) is -0.603. The highest BCUT2D eigenvalue weighted by atomic mass is 35.5. The zero-order valence-electron chi connectivity index (χ0n) is 11.1. The van der Waals surface area contributed by atoms with Crippen LogP contribution in [0.15, 0.2) is 42.5 Å². The van der Waals surface area contributed by atoms with Gasteiger partial charge >= 0.3 is 0 Å². The minimum absolute atomic E-state index is 0.0964. The molecule has 0 saturated heterocycles. The SMILES string of the molecule is O=C(N[C@H]1c2ccccc2C[C@H]1O)c1cc(Cl)ccc1O. The predicted octanol–water partition coefficient (Wildman–Crippen LogP) is 2.43. The van der Waals surface area contributed by atoms with Gasteiger partial charge in [0, 0.05) is 11.4 Å². The van der Waals surface area contributed by atoms with Crippen molar-refractivity contribution in [2.75, 3.05) is 0 Å². The van der Waals surface area contributed by atoms with Crippen LogP contribution >= 0.6 is 11.6 Å². The molecule has 0 bridgehead atoms. The van der Waals surface area contributed by atoms with Gasteiger partial charge in [0.05, 0.1) is 17.7 Å². The zero-order chi connectivity index (χ0) is 15.0. The first-order valence-electron chi connectivity index (χ1n) is 6.61. The lowest BCUT2D eigenvalue weighted by molar-refractivity contribution is 0.0855. The Hall–Kier alpha value is -2.04. The number of nitrogens with one attached hydrogen (secondary N) is 1. The van der Waals surface area contributed by atoms with Crippen LogP contribution in [0.1, 0.15) is 27.5 Å². The van der Waals surface area contributed by atoms with Gasteiger partial charge < -0.3 is 15.5 Å². The number of benzene rings is 2. The molecule has 0 spiro atoms. The van der Waals surface area contributed by atoms with Crippen molar-refractivity contribution in [1.29, 1.82) is 0 Å². The Bertz CT molecular complexity index is 702. The second-order valence-electron chi connectivity index (χ2n) is 5.08. The molecule has 0 heterocycles. The minimum Gasteiger partial charge on any atom is -0.507 e. The summed E-state index contributed by atoms with van der Waals surface area (Å²) in [6.07, 6.45) is -0.171. The van der Waals surface area contributed by atoms with Crippen molar-refractivity contribution in [3.8, 4) is 5.75 Å². The van der Waals surface area contributed by atoms with E-state index in [9.17, 15) is 15.0 Å². The number of phenols is 1. The lowest BCUT2D eigenvalue weighted by atomic mass is 10.1. The molecule has 0 radical (unpaired) electrons. The third kappa shape index (κ3) is 2.60. The van der Waals surface area contributed by atoms with E-state index in [1.54, 1.807) is 0 Å². The van der Waals surface area contributed by atoms with Crippen LogP contribution < -0.4 is 5.32 Å². The second kappa shape index (κ2) is 5.39. The van der Waals surface area contributed by atoms with Gasteiger partial charge in [-0.05, 0) is 29.3 Å². The van der Waals surface area contributed by atoms with Gasteiger partial charge in [0.1, 0.15) is 5.75 Å². The van der Waals surface area contributed by atoms with Crippen LogP contribution in [-0.2, 0) is 6.42 Å². The Morgan fingerprint density at radius 1 is 1.24 bits per heavy atom. The van der Waals surface area contributed by atoms with Crippen LogP contribution in [0.25, 0.3) is 0 Å². The summed E-state index contributed by atoms with van der Waals surface area (Å²) in [6.45, 7) is 0. The highest BCUT2D eigenvalue weighted by Crippen LogP contribution is 2.32. The molecule has 0 fully saturated rings. The molecule has 108 valence electrons. The minimum atomic E-state index is -0.673. The molecular formula is C16H14ClNO3. The Labute approximate surface area is 127 Å². The number of amides is 1. The number of fused-ring (bicyclic) bond motifs is 1. The molecule has 2 aromatic rings. The summed E-state index contributed by atoms with van der Waals surface area (Å²) in [5.41, 5.74) is 2.02. The number of carbonyl (C=O) groups is 1. The molecule has 21 heavy (non-hydrogen) atoms. The number of aromatic hydroxyl groups is 1. The van der Waals surface area contributed by atoms with Gasteiger partial charge in [0.2, 0.25) is 0 Å². The summed E-state index contributed by atoms with van der Waals surface area (Å²) in [4.78, 5) is 12.3. The monoisotopic (exact) mass is 303 g/mol. The summed E-state index contributed by atoms with van der Waals surface area (Å²) in [6, 6.07) is 11.4. The number of phenolic OH excluding ortho intramolecular Hbond substituents is 1. The van der Waals surface area contributed by atoms with Crippen molar-refractivity contribution in [1.82, 2.24) is 5.32 Å². The average molecular weight is 304 g/mol. The Morgan fingerprint density at radius 3 is 2.81 bits per heavy atom. The van der Waals surface area contributed by atoms with E-state index in [4.69, 9.17) is 11.6 Å². The van der Waals surface area contributed by atoms with E-state index >= 15 is 0 Å².